The van der Waals surface area contributed by atoms with Gasteiger partial charge in [0.15, 0.2) is 0 Å². The highest BCUT2D eigenvalue weighted by molar-refractivity contribution is 7.71. The van der Waals surface area contributed by atoms with Crippen LogP contribution < -0.4 is 0 Å². The van der Waals surface area contributed by atoms with Crippen molar-refractivity contribution in [2.45, 2.75) is 6.92 Å². The summed E-state index contributed by atoms with van der Waals surface area (Å²) < 4.78 is 5.13. The van der Waals surface area contributed by atoms with Crippen LogP contribution in [0.2, 0.25) is 0 Å². The van der Waals surface area contributed by atoms with E-state index >= 15 is 0 Å². The van der Waals surface area contributed by atoms with Gasteiger partial charge in [0.05, 0.1) is 5.56 Å². The third kappa shape index (κ3) is 1.65. The second-order valence-electron chi connectivity index (χ2n) is 2.67. The van der Waals surface area contributed by atoms with E-state index in [-0.39, 0.29) is 4.84 Å². The van der Waals surface area contributed by atoms with E-state index in [4.69, 9.17) is 16.6 Å². The predicted molar refractivity (Wildman–Crippen MR) is 49.7 cm³/mol. The van der Waals surface area contributed by atoms with Gasteiger partial charge in [-0.2, -0.15) is 0 Å². The summed E-state index contributed by atoms with van der Waals surface area (Å²) in [5.74, 6) is 0.473. The second-order valence-corrected chi connectivity index (χ2v) is 3.04. The molecule has 0 fully saturated rings. The van der Waals surface area contributed by atoms with Crippen LogP contribution in [0.4, 0.5) is 0 Å². The first-order chi connectivity index (χ1) is 6.25. The van der Waals surface area contributed by atoms with Crippen molar-refractivity contribution in [1.82, 2.24) is 15.2 Å². The second kappa shape index (κ2) is 3.10. The first kappa shape index (κ1) is 8.12. The Morgan fingerprint density at radius 3 is 2.92 bits per heavy atom. The molecule has 0 spiro atoms. The van der Waals surface area contributed by atoms with Crippen molar-refractivity contribution in [2.24, 2.45) is 0 Å². The molecular weight excluding hydrogens is 186 g/mol. The molecule has 0 radical (unpaired) electrons. The Bertz CT molecular complexity index is 474. The third-order valence-electron chi connectivity index (χ3n) is 1.56. The summed E-state index contributed by atoms with van der Waals surface area (Å²) in [6, 6.07) is 1.93. The highest BCUT2D eigenvalue weighted by Gasteiger charge is 2.03. The fourth-order valence-electron chi connectivity index (χ4n) is 1.03. The Kier molecular flexibility index (Phi) is 1.94. The summed E-state index contributed by atoms with van der Waals surface area (Å²) in [4.78, 5) is 4.30. The molecule has 2 aromatic rings. The lowest BCUT2D eigenvalue weighted by atomic mass is 10.2. The van der Waals surface area contributed by atoms with E-state index in [1.807, 2.05) is 13.0 Å². The quantitative estimate of drug-likeness (QED) is 0.705. The van der Waals surface area contributed by atoms with Gasteiger partial charge in [0.2, 0.25) is 5.89 Å². The minimum atomic E-state index is 0.275. The molecule has 0 bridgehead atoms. The van der Waals surface area contributed by atoms with Gasteiger partial charge in [-0.1, -0.05) is 0 Å². The largest absolute Gasteiger partial charge is 0.409 e. The molecule has 2 aromatic heterocycles. The van der Waals surface area contributed by atoms with Crippen LogP contribution in [-0.4, -0.2) is 15.2 Å². The Hall–Kier alpha value is -1.49. The number of aryl methyl sites for hydroxylation is 1. The maximum Gasteiger partial charge on any atom is 0.284 e. The molecule has 2 heterocycles. The van der Waals surface area contributed by atoms with E-state index in [1.165, 1.54) is 0 Å². The molecular formula is C8H7N3OS. The van der Waals surface area contributed by atoms with Gasteiger partial charge in [-0.15, -0.1) is 5.10 Å². The summed E-state index contributed by atoms with van der Waals surface area (Å²) in [5, 5.41) is 6.45. The van der Waals surface area contributed by atoms with Gasteiger partial charge in [0.1, 0.15) is 0 Å². The van der Waals surface area contributed by atoms with Crippen LogP contribution in [0.1, 0.15) is 5.56 Å². The molecule has 4 nitrogen and oxygen atoms in total. The molecule has 0 saturated heterocycles. The van der Waals surface area contributed by atoms with E-state index in [9.17, 15) is 0 Å². The number of nitrogens with zero attached hydrogens (tertiary/aromatic N) is 2. The molecule has 1 N–H and O–H groups in total. The molecule has 0 aliphatic rings. The number of hydrogen-bond donors (Lipinski definition) is 1. The maximum atomic E-state index is 5.13. The molecule has 0 atom stereocenters. The number of hydrogen-bond acceptors (Lipinski definition) is 4. The maximum absolute atomic E-state index is 5.13. The number of nitrogens with one attached hydrogen (secondary N) is 1. The van der Waals surface area contributed by atoms with E-state index in [0.29, 0.717) is 5.89 Å². The van der Waals surface area contributed by atoms with E-state index in [0.717, 1.165) is 11.1 Å². The van der Waals surface area contributed by atoms with Crippen LogP contribution in [0.15, 0.2) is 22.9 Å². The Morgan fingerprint density at radius 1 is 1.46 bits per heavy atom. The van der Waals surface area contributed by atoms with Crippen molar-refractivity contribution in [1.29, 1.82) is 0 Å². The van der Waals surface area contributed by atoms with Crippen LogP contribution in [0.3, 0.4) is 0 Å². The van der Waals surface area contributed by atoms with Crippen molar-refractivity contribution in [3.63, 3.8) is 0 Å². The highest BCUT2D eigenvalue weighted by Crippen LogP contribution is 2.15. The van der Waals surface area contributed by atoms with Crippen molar-refractivity contribution >= 4 is 12.2 Å². The number of aromatic nitrogens is 3. The first-order valence-corrected chi connectivity index (χ1v) is 4.14. The fraction of sp³-hybridized carbons (Fsp3) is 0.125. The van der Waals surface area contributed by atoms with Crippen molar-refractivity contribution in [2.75, 3.05) is 0 Å². The summed E-state index contributed by atoms with van der Waals surface area (Å²) in [6.45, 7) is 1.96. The summed E-state index contributed by atoms with van der Waals surface area (Å²) in [6.07, 6.45) is 3.45. The molecule has 5 heteroatoms. The van der Waals surface area contributed by atoms with Gasteiger partial charge < -0.3 is 4.42 Å². The van der Waals surface area contributed by atoms with E-state index in [2.05, 4.69) is 15.2 Å². The first-order valence-electron chi connectivity index (χ1n) is 3.73. The summed E-state index contributed by atoms with van der Waals surface area (Å²) >= 11 is 4.76. The standard InChI is InChI=1S/C8H7N3OS/c1-5-2-6(4-9-3-5)7-10-11-8(13)12-7/h2-4H,1H3,(H,11,13). The topological polar surface area (TPSA) is 54.7 Å². The Balaban J connectivity index is 2.52. The Morgan fingerprint density at radius 2 is 2.31 bits per heavy atom. The Labute approximate surface area is 79.6 Å². The number of H-pyrrole nitrogens is 1. The molecule has 0 aliphatic carbocycles. The average Bonchev–Trinajstić information content (AvgIpc) is 2.52. The lowest BCUT2D eigenvalue weighted by molar-refractivity contribution is 0.551. The molecule has 13 heavy (non-hydrogen) atoms. The molecule has 66 valence electrons. The zero-order valence-corrected chi connectivity index (χ0v) is 7.76. The zero-order chi connectivity index (χ0) is 9.26. The summed E-state index contributed by atoms with van der Waals surface area (Å²) in [7, 11) is 0. The molecule has 0 aliphatic heterocycles. The molecule has 0 aromatic carbocycles. The predicted octanol–water partition coefficient (Wildman–Crippen LogP) is 2.10. The van der Waals surface area contributed by atoms with Gasteiger partial charge in [-0.3, -0.25) is 4.98 Å². The van der Waals surface area contributed by atoms with Gasteiger partial charge in [-0.25, -0.2) is 5.10 Å². The highest BCUT2D eigenvalue weighted by atomic mass is 32.1. The van der Waals surface area contributed by atoms with E-state index < -0.39 is 0 Å². The van der Waals surface area contributed by atoms with Crippen molar-refractivity contribution in [3.05, 3.63) is 28.9 Å². The van der Waals surface area contributed by atoms with Crippen molar-refractivity contribution in [3.8, 4) is 11.5 Å². The monoisotopic (exact) mass is 193 g/mol. The summed E-state index contributed by atoms with van der Waals surface area (Å²) in [5.41, 5.74) is 1.88. The van der Waals surface area contributed by atoms with Crippen molar-refractivity contribution < 1.29 is 4.42 Å². The zero-order valence-electron chi connectivity index (χ0n) is 6.94. The minimum Gasteiger partial charge on any atom is -0.409 e. The van der Waals surface area contributed by atoms with Crippen LogP contribution in [0.25, 0.3) is 11.5 Å². The lowest BCUT2D eigenvalue weighted by Gasteiger charge is -1.94. The fourth-order valence-corrected chi connectivity index (χ4v) is 1.15. The van der Waals surface area contributed by atoms with Gasteiger partial charge in [0.25, 0.3) is 4.84 Å². The number of pyridine rings is 1. The van der Waals surface area contributed by atoms with Crippen LogP contribution in [-0.2, 0) is 0 Å². The molecule has 2 rings (SSSR count). The smallest absolute Gasteiger partial charge is 0.284 e. The number of aromatic amines is 1. The third-order valence-corrected chi connectivity index (χ3v) is 1.73. The molecule has 0 unspecified atom stereocenters. The van der Waals surface area contributed by atoms with E-state index in [1.54, 1.807) is 12.4 Å². The molecule has 0 amide bonds. The van der Waals surface area contributed by atoms with Gasteiger partial charge in [-0.05, 0) is 30.8 Å². The van der Waals surface area contributed by atoms with Crippen LogP contribution in [0.5, 0.6) is 0 Å². The SMILES string of the molecule is Cc1cncc(-c2n[nH]c(=S)o2)c1. The van der Waals surface area contributed by atoms with Crippen LogP contribution in [0, 0.1) is 11.8 Å². The van der Waals surface area contributed by atoms with Crippen LogP contribution >= 0.6 is 12.2 Å². The van der Waals surface area contributed by atoms with Gasteiger partial charge >= 0.3 is 0 Å². The normalized spacial score (nSPS) is 10.2. The lowest BCUT2D eigenvalue weighted by Crippen LogP contribution is -1.81. The number of rotatable bonds is 1. The molecule has 0 saturated carbocycles. The van der Waals surface area contributed by atoms with Gasteiger partial charge in [0, 0.05) is 12.4 Å². The minimum absolute atomic E-state index is 0.275. The average molecular weight is 193 g/mol.